The van der Waals surface area contributed by atoms with Crippen molar-refractivity contribution in [1.29, 1.82) is 0 Å². The van der Waals surface area contributed by atoms with Crippen LogP contribution < -0.4 is 10.6 Å². The van der Waals surface area contributed by atoms with Gasteiger partial charge in [-0.1, -0.05) is 19.6 Å². The Morgan fingerprint density at radius 2 is 1.89 bits per heavy atom. The van der Waals surface area contributed by atoms with Crippen molar-refractivity contribution in [2.24, 2.45) is 0 Å². The lowest BCUT2D eigenvalue weighted by atomic mass is 10.0. The predicted molar refractivity (Wildman–Crippen MR) is 171 cm³/mol. The number of carboxylic acid groups (broad SMARTS) is 1. The van der Waals surface area contributed by atoms with E-state index in [-0.39, 0.29) is 19.5 Å². The molecule has 0 spiro atoms. The summed E-state index contributed by atoms with van der Waals surface area (Å²) in [6.45, 7) is 10.4. The molecule has 3 aromatic rings. The van der Waals surface area contributed by atoms with Crippen LogP contribution >= 0.6 is 0 Å². The topological polar surface area (TPSA) is 126 Å². The van der Waals surface area contributed by atoms with E-state index < -0.39 is 26.4 Å². The average Bonchev–Trinajstić information content (AvgIpc) is 3.60. The number of alkyl halides is 1. The SMILES string of the molecule is CN1CCC(n2cc(Nc3nc(N[C@H]4CN(C(=O)O)CC[C@H]4F)c4c(C5CC5)cn(COCC[Si](C)(C)C)c4n3)cn2)CC1. The normalized spacial score (nSPS) is 22.1. The van der Waals surface area contributed by atoms with Gasteiger partial charge in [0.15, 0.2) is 0 Å². The van der Waals surface area contributed by atoms with Crippen LogP contribution in [0.2, 0.25) is 25.7 Å². The van der Waals surface area contributed by atoms with Gasteiger partial charge in [-0.2, -0.15) is 15.1 Å². The number of anilines is 3. The van der Waals surface area contributed by atoms with E-state index in [1.807, 2.05) is 15.4 Å². The maximum atomic E-state index is 15.2. The number of nitrogens with one attached hydrogen (secondary N) is 2. The molecule has 12 nitrogen and oxygen atoms in total. The number of amides is 1. The molecule has 2 atom stereocenters. The zero-order valence-corrected chi connectivity index (χ0v) is 27.3. The van der Waals surface area contributed by atoms with Crippen LogP contribution in [-0.2, 0) is 11.5 Å². The molecule has 14 heteroatoms. The molecule has 1 amide bonds. The number of piperidine rings is 2. The van der Waals surface area contributed by atoms with Gasteiger partial charge in [0.25, 0.3) is 0 Å². The fourth-order valence-electron chi connectivity index (χ4n) is 6.12. The number of hydrogen-bond acceptors (Lipinski definition) is 8. The van der Waals surface area contributed by atoms with Crippen molar-refractivity contribution in [3.8, 4) is 0 Å². The minimum Gasteiger partial charge on any atom is -0.465 e. The highest BCUT2D eigenvalue weighted by atomic mass is 28.3. The Morgan fingerprint density at radius 1 is 1.11 bits per heavy atom. The van der Waals surface area contributed by atoms with Gasteiger partial charge in [0.2, 0.25) is 5.95 Å². The molecule has 44 heavy (non-hydrogen) atoms. The Morgan fingerprint density at radius 3 is 2.59 bits per heavy atom. The van der Waals surface area contributed by atoms with E-state index in [1.54, 1.807) is 6.20 Å². The third kappa shape index (κ3) is 7.18. The lowest BCUT2D eigenvalue weighted by molar-refractivity contribution is 0.0898. The van der Waals surface area contributed by atoms with Gasteiger partial charge in [0, 0.05) is 40.2 Å². The number of likely N-dealkylation sites (tertiary alicyclic amines) is 2. The fraction of sp³-hybridized carbons (Fsp3) is 0.667. The van der Waals surface area contributed by atoms with Crippen molar-refractivity contribution in [3.05, 3.63) is 24.2 Å². The van der Waals surface area contributed by atoms with Crippen LogP contribution in [0.5, 0.6) is 0 Å². The summed E-state index contributed by atoms with van der Waals surface area (Å²) in [7, 11) is 0.900. The Bertz CT molecular complexity index is 1460. The number of aromatic nitrogens is 5. The average molecular weight is 628 g/mol. The Hall–Kier alpha value is -3.23. The molecule has 2 aliphatic heterocycles. The van der Waals surface area contributed by atoms with E-state index in [4.69, 9.17) is 14.7 Å². The van der Waals surface area contributed by atoms with Crippen molar-refractivity contribution < 1.29 is 19.0 Å². The highest BCUT2D eigenvalue weighted by Crippen LogP contribution is 2.46. The number of hydrogen-bond donors (Lipinski definition) is 3. The first-order valence-corrected chi connectivity index (χ1v) is 19.6. The molecule has 0 unspecified atom stereocenters. The summed E-state index contributed by atoms with van der Waals surface area (Å²) in [5.41, 5.74) is 2.61. The molecule has 3 N–H and O–H groups in total. The molecule has 6 rings (SSSR count). The molecule has 0 bridgehead atoms. The van der Waals surface area contributed by atoms with Crippen LogP contribution in [0, 0.1) is 0 Å². The summed E-state index contributed by atoms with van der Waals surface area (Å²) >= 11 is 0. The van der Waals surface area contributed by atoms with Gasteiger partial charge < -0.3 is 34.8 Å². The first kappa shape index (κ1) is 30.8. The zero-order valence-electron chi connectivity index (χ0n) is 26.3. The van der Waals surface area contributed by atoms with Crippen molar-refractivity contribution in [2.45, 2.75) is 88.7 Å². The van der Waals surface area contributed by atoms with E-state index in [0.29, 0.717) is 42.7 Å². The highest BCUT2D eigenvalue weighted by molar-refractivity contribution is 6.76. The third-order valence-electron chi connectivity index (χ3n) is 9.03. The molecule has 0 aromatic carbocycles. The van der Waals surface area contributed by atoms with Crippen LogP contribution in [0.25, 0.3) is 11.0 Å². The molecule has 3 aromatic heterocycles. The van der Waals surface area contributed by atoms with Gasteiger partial charge in [0.1, 0.15) is 24.4 Å². The molecule has 1 saturated carbocycles. The molecular weight excluding hydrogens is 581 g/mol. The van der Waals surface area contributed by atoms with E-state index in [2.05, 4.69) is 53.5 Å². The number of ether oxygens (including phenoxy) is 1. The van der Waals surface area contributed by atoms with Crippen LogP contribution in [-0.4, -0.2) is 105 Å². The van der Waals surface area contributed by atoms with E-state index in [0.717, 1.165) is 61.5 Å². The molecule has 2 saturated heterocycles. The monoisotopic (exact) mass is 627 g/mol. The summed E-state index contributed by atoms with van der Waals surface area (Å²) in [6, 6.07) is 0.692. The predicted octanol–water partition coefficient (Wildman–Crippen LogP) is 5.33. The second-order valence-corrected chi connectivity index (χ2v) is 19.5. The van der Waals surface area contributed by atoms with Crippen molar-refractivity contribution >= 4 is 42.7 Å². The third-order valence-corrected chi connectivity index (χ3v) is 10.7. The standard InChI is InChI=1S/C30H46FN9O3Si/c1-37-10-7-22(8-11-37)40-16-21(15-32-40)33-29-35-27(34-25-18-38(30(41)42)12-9-24(25)31)26-23(20-5-6-20)17-39(28(26)36-29)19-43-13-14-44(2,3)4/h15-17,20,22,24-25H,5-14,18-19H2,1-4H3,(H,41,42)(H2,33,34,35,36)/t24-,25+/m1/s1. The summed E-state index contributed by atoms with van der Waals surface area (Å²) in [5, 5.41) is 21.7. The first-order chi connectivity index (χ1) is 21.0. The van der Waals surface area contributed by atoms with Crippen molar-refractivity contribution in [2.75, 3.05) is 50.5 Å². The molecule has 0 radical (unpaired) electrons. The Balaban J connectivity index is 1.32. The summed E-state index contributed by atoms with van der Waals surface area (Å²) in [6.07, 6.45) is 8.03. The number of fused-ring (bicyclic) bond motifs is 1. The maximum Gasteiger partial charge on any atom is 0.407 e. The second-order valence-electron chi connectivity index (χ2n) is 13.9. The van der Waals surface area contributed by atoms with Crippen LogP contribution in [0.3, 0.4) is 0 Å². The molecule has 1 aliphatic carbocycles. The molecule has 3 aliphatic rings. The van der Waals surface area contributed by atoms with Crippen LogP contribution in [0.1, 0.15) is 49.6 Å². The largest absolute Gasteiger partial charge is 0.465 e. The summed E-state index contributed by atoms with van der Waals surface area (Å²) in [4.78, 5) is 25.2. The molecule has 5 heterocycles. The molecule has 240 valence electrons. The lowest BCUT2D eigenvalue weighted by Crippen LogP contribution is -2.50. The molecule has 3 fully saturated rings. The van der Waals surface area contributed by atoms with Gasteiger partial charge in [-0.05, 0) is 69.8 Å². The van der Waals surface area contributed by atoms with E-state index in [1.165, 1.54) is 4.90 Å². The molecular formula is C30H46FN9O3Si. The second kappa shape index (κ2) is 12.6. The summed E-state index contributed by atoms with van der Waals surface area (Å²) < 4.78 is 25.4. The van der Waals surface area contributed by atoms with E-state index in [9.17, 15) is 9.90 Å². The zero-order chi connectivity index (χ0) is 31.0. The Labute approximate surface area is 259 Å². The summed E-state index contributed by atoms with van der Waals surface area (Å²) in [5.74, 6) is 1.27. The highest BCUT2D eigenvalue weighted by Gasteiger charge is 2.35. The minimum atomic E-state index is -1.24. The van der Waals surface area contributed by atoms with Gasteiger partial charge in [-0.3, -0.25) is 4.68 Å². The van der Waals surface area contributed by atoms with Gasteiger partial charge in [0.05, 0.1) is 29.4 Å². The van der Waals surface area contributed by atoms with Gasteiger partial charge in [-0.25, -0.2) is 9.18 Å². The number of carbonyl (C=O) groups is 1. The van der Waals surface area contributed by atoms with Crippen LogP contribution in [0.4, 0.5) is 26.6 Å². The van der Waals surface area contributed by atoms with Crippen molar-refractivity contribution in [1.82, 2.24) is 34.1 Å². The Kier molecular flexibility index (Phi) is 8.84. The first-order valence-electron chi connectivity index (χ1n) is 15.9. The van der Waals surface area contributed by atoms with Gasteiger partial charge >= 0.3 is 6.09 Å². The maximum absolute atomic E-state index is 15.2. The smallest absolute Gasteiger partial charge is 0.407 e. The van der Waals surface area contributed by atoms with Crippen molar-refractivity contribution in [3.63, 3.8) is 0 Å². The quantitative estimate of drug-likeness (QED) is 0.191. The van der Waals surface area contributed by atoms with Crippen LogP contribution in [0.15, 0.2) is 18.6 Å². The number of halogens is 1. The fourth-order valence-corrected chi connectivity index (χ4v) is 6.88. The number of nitrogens with zero attached hydrogens (tertiary/aromatic N) is 7. The number of rotatable bonds is 11. The van der Waals surface area contributed by atoms with Gasteiger partial charge in [-0.15, -0.1) is 0 Å². The lowest BCUT2D eigenvalue weighted by Gasteiger charge is -2.34. The van der Waals surface area contributed by atoms with E-state index >= 15 is 4.39 Å². The minimum absolute atomic E-state index is 0.0490.